The fourth-order valence-corrected chi connectivity index (χ4v) is 4.90. The number of hydrogen-bond acceptors (Lipinski definition) is 3. The van der Waals surface area contributed by atoms with E-state index in [9.17, 15) is 4.79 Å². The van der Waals surface area contributed by atoms with Gasteiger partial charge >= 0.3 is 6.09 Å². The van der Waals surface area contributed by atoms with Crippen LogP contribution in [-0.4, -0.2) is 31.5 Å². The molecule has 2 rings (SSSR count). The Hall–Kier alpha value is -1.03. The van der Waals surface area contributed by atoms with Crippen LogP contribution in [0.25, 0.3) is 0 Å². The molecule has 1 aliphatic carbocycles. The Balaban J connectivity index is 2.06. The minimum atomic E-state index is -0.321. The van der Waals surface area contributed by atoms with Crippen molar-refractivity contribution in [1.82, 2.24) is 5.32 Å². The molecule has 0 radical (unpaired) electrons. The van der Waals surface area contributed by atoms with E-state index in [0.29, 0.717) is 37.1 Å². The summed E-state index contributed by atoms with van der Waals surface area (Å²) in [6.07, 6.45) is 8.63. The molecule has 4 heteroatoms. The summed E-state index contributed by atoms with van der Waals surface area (Å²) < 4.78 is 12.0. The van der Waals surface area contributed by atoms with E-state index in [0.717, 1.165) is 6.42 Å². The lowest BCUT2D eigenvalue weighted by Gasteiger charge is -2.55. The topological polar surface area (TPSA) is 47.6 Å². The largest absolute Gasteiger partial charge is 0.449 e. The molecule has 0 unspecified atom stereocenters. The van der Waals surface area contributed by atoms with Crippen molar-refractivity contribution in [1.29, 1.82) is 0 Å². The van der Waals surface area contributed by atoms with Gasteiger partial charge in [0.05, 0.1) is 12.7 Å². The van der Waals surface area contributed by atoms with Gasteiger partial charge in [0.25, 0.3) is 0 Å². The van der Waals surface area contributed by atoms with E-state index >= 15 is 0 Å². The van der Waals surface area contributed by atoms with E-state index < -0.39 is 0 Å². The first-order chi connectivity index (χ1) is 12.3. The maximum atomic E-state index is 12.0. The fourth-order valence-electron chi connectivity index (χ4n) is 4.90. The van der Waals surface area contributed by atoms with Gasteiger partial charge in [-0.25, -0.2) is 4.79 Å². The van der Waals surface area contributed by atoms with E-state index in [1.165, 1.54) is 31.3 Å². The molecule has 0 aromatic heterocycles. The van der Waals surface area contributed by atoms with Crippen LogP contribution in [0.15, 0.2) is 11.6 Å². The second-order valence-corrected chi connectivity index (χ2v) is 8.82. The Bertz CT molecular complexity index is 502. The number of ether oxygens (including phenoxy) is 2. The molecule has 0 saturated carbocycles. The Morgan fingerprint density at radius 3 is 2.73 bits per heavy atom. The van der Waals surface area contributed by atoms with Crippen LogP contribution < -0.4 is 5.32 Å². The molecule has 1 saturated heterocycles. The molecule has 0 aromatic rings. The van der Waals surface area contributed by atoms with Gasteiger partial charge in [0.1, 0.15) is 6.61 Å². The Morgan fingerprint density at radius 2 is 2.08 bits per heavy atom. The van der Waals surface area contributed by atoms with Crippen LogP contribution in [0.1, 0.15) is 73.6 Å². The van der Waals surface area contributed by atoms with Crippen LogP contribution in [0.4, 0.5) is 4.79 Å². The van der Waals surface area contributed by atoms with Crippen molar-refractivity contribution in [2.45, 2.75) is 85.8 Å². The number of hydrogen-bond donors (Lipinski definition) is 1. The molecule has 1 heterocycles. The lowest BCUT2D eigenvalue weighted by Crippen LogP contribution is -2.57. The first-order valence-corrected chi connectivity index (χ1v) is 10.5. The van der Waals surface area contributed by atoms with Gasteiger partial charge in [0.2, 0.25) is 0 Å². The molecule has 5 atom stereocenters. The third-order valence-electron chi connectivity index (χ3n) is 6.58. The summed E-state index contributed by atoms with van der Waals surface area (Å²) in [5.74, 6) is 1.25. The molecule has 2 aliphatic rings. The van der Waals surface area contributed by atoms with Crippen molar-refractivity contribution in [3.05, 3.63) is 11.6 Å². The predicted molar refractivity (Wildman–Crippen MR) is 106 cm³/mol. The second kappa shape index (κ2) is 9.25. The molecular formula is C22H39NO3. The highest BCUT2D eigenvalue weighted by Crippen LogP contribution is 2.53. The average Bonchev–Trinajstić information content (AvgIpc) is 2.56. The van der Waals surface area contributed by atoms with Gasteiger partial charge in [0, 0.05) is 17.4 Å². The SMILES string of the molecule is CCCCCC[C@H]1OC[C@@]2(COC(=O)NC(C)C)[C@H](C)C=C(C)[C@H]1[C@H]2C. The van der Waals surface area contributed by atoms with Crippen LogP contribution in [0.2, 0.25) is 0 Å². The first-order valence-electron chi connectivity index (χ1n) is 10.5. The van der Waals surface area contributed by atoms with Crippen LogP contribution in [0, 0.1) is 23.2 Å². The van der Waals surface area contributed by atoms with Crippen molar-refractivity contribution in [3.8, 4) is 0 Å². The number of alkyl carbamates (subject to hydrolysis) is 1. The molecule has 1 N–H and O–H groups in total. The smallest absolute Gasteiger partial charge is 0.407 e. The third kappa shape index (κ3) is 4.62. The van der Waals surface area contributed by atoms with Crippen molar-refractivity contribution < 1.29 is 14.3 Å². The number of nitrogens with one attached hydrogen (secondary N) is 1. The normalized spacial score (nSPS) is 33.7. The number of allylic oxidation sites excluding steroid dienone is 1. The zero-order valence-electron chi connectivity index (χ0n) is 17.6. The number of unbranched alkanes of at least 4 members (excludes halogenated alkanes) is 3. The monoisotopic (exact) mass is 365 g/mol. The van der Waals surface area contributed by atoms with Crippen molar-refractivity contribution >= 4 is 6.09 Å². The summed E-state index contributed by atoms with van der Waals surface area (Å²) in [5.41, 5.74) is 1.34. The molecule has 150 valence electrons. The number of rotatable bonds is 8. The van der Waals surface area contributed by atoms with Crippen molar-refractivity contribution in [2.75, 3.05) is 13.2 Å². The predicted octanol–water partition coefficient (Wildman–Crippen LogP) is 5.32. The Labute approximate surface area is 160 Å². The average molecular weight is 366 g/mol. The first kappa shape index (κ1) is 21.3. The molecule has 0 aromatic carbocycles. The highest BCUT2D eigenvalue weighted by molar-refractivity contribution is 5.67. The minimum absolute atomic E-state index is 0.0891. The number of carbonyl (C=O) groups excluding carboxylic acids is 1. The Morgan fingerprint density at radius 1 is 1.35 bits per heavy atom. The number of carbonyl (C=O) groups is 1. The van der Waals surface area contributed by atoms with Crippen molar-refractivity contribution in [2.24, 2.45) is 23.2 Å². The van der Waals surface area contributed by atoms with Gasteiger partial charge in [-0.15, -0.1) is 0 Å². The van der Waals surface area contributed by atoms with Gasteiger partial charge in [-0.1, -0.05) is 58.1 Å². The summed E-state index contributed by atoms with van der Waals surface area (Å²) in [6, 6.07) is 0.0891. The van der Waals surface area contributed by atoms with Gasteiger partial charge in [-0.05, 0) is 39.0 Å². The van der Waals surface area contributed by atoms with Crippen LogP contribution in [0.5, 0.6) is 0 Å². The zero-order chi connectivity index (χ0) is 19.3. The molecule has 1 aliphatic heterocycles. The maximum absolute atomic E-state index is 12.0. The van der Waals surface area contributed by atoms with Crippen LogP contribution >= 0.6 is 0 Å². The lowest BCUT2D eigenvalue weighted by molar-refractivity contribution is -0.165. The standard InChI is InChI=1S/C22H39NO3/c1-7-8-9-10-11-19-20-16(4)12-17(5)22(13-25-19,18(20)6)14-26-21(24)23-15(2)3/h12,15,17-20H,7-11,13-14H2,1-6H3,(H,23,24)/t17-,18-,19-,20+,22-/m1/s1. The molecule has 26 heavy (non-hydrogen) atoms. The van der Waals surface area contributed by atoms with Gasteiger partial charge in [-0.2, -0.15) is 0 Å². The second-order valence-electron chi connectivity index (χ2n) is 8.82. The molecule has 1 fully saturated rings. The minimum Gasteiger partial charge on any atom is -0.449 e. The summed E-state index contributed by atoms with van der Waals surface area (Å²) in [7, 11) is 0. The van der Waals surface area contributed by atoms with Crippen molar-refractivity contribution in [3.63, 3.8) is 0 Å². The van der Waals surface area contributed by atoms with Crippen LogP contribution in [0.3, 0.4) is 0 Å². The quantitative estimate of drug-likeness (QED) is 0.467. The van der Waals surface area contributed by atoms with E-state index in [2.05, 4.69) is 39.1 Å². The summed E-state index contributed by atoms with van der Waals surface area (Å²) in [5, 5.41) is 2.82. The lowest BCUT2D eigenvalue weighted by atomic mass is 9.56. The number of amides is 1. The molecular weight excluding hydrogens is 326 g/mol. The van der Waals surface area contributed by atoms with E-state index in [-0.39, 0.29) is 17.6 Å². The number of fused-ring (bicyclic) bond motifs is 2. The zero-order valence-corrected chi connectivity index (χ0v) is 17.6. The maximum Gasteiger partial charge on any atom is 0.407 e. The summed E-state index contributed by atoms with van der Waals surface area (Å²) >= 11 is 0. The Kier molecular flexibility index (Phi) is 7.57. The fraction of sp³-hybridized carbons (Fsp3) is 0.864. The van der Waals surface area contributed by atoms with Crippen LogP contribution in [-0.2, 0) is 9.47 Å². The highest BCUT2D eigenvalue weighted by Gasteiger charge is 2.53. The van der Waals surface area contributed by atoms with Gasteiger partial charge in [0.15, 0.2) is 0 Å². The molecule has 1 amide bonds. The van der Waals surface area contributed by atoms with E-state index in [1.54, 1.807) is 0 Å². The van der Waals surface area contributed by atoms with E-state index in [1.807, 2.05) is 13.8 Å². The molecule has 4 nitrogen and oxygen atoms in total. The third-order valence-corrected chi connectivity index (χ3v) is 6.58. The summed E-state index contributed by atoms with van der Waals surface area (Å²) in [6.45, 7) is 14.1. The van der Waals surface area contributed by atoms with Gasteiger partial charge in [-0.3, -0.25) is 0 Å². The van der Waals surface area contributed by atoms with Gasteiger partial charge < -0.3 is 14.8 Å². The highest BCUT2D eigenvalue weighted by atomic mass is 16.6. The van der Waals surface area contributed by atoms with E-state index in [4.69, 9.17) is 9.47 Å². The molecule has 0 spiro atoms. The summed E-state index contributed by atoms with van der Waals surface area (Å²) in [4.78, 5) is 12.0. The molecule has 2 bridgehead atoms.